The Labute approximate surface area is 192 Å². The summed E-state index contributed by atoms with van der Waals surface area (Å²) in [6, 6.07) is 3.92. The Morgan fingerprint density at radius 1 is 1.41 bits per heavy atom. The number of morpholine rings is 1. The van der Waals surface area contributed by atoms with E-state index < -0.39 is 5.60 Å². The summed E-state index contributed by atoms with van der Waals surface area (Å²) >= 11 is 2.00. The number of H-pyrrole nitrogens is 1. The fraction of sp³-hybridized carbons (Fsp3) is 0.522. The monoisotopic (exact) mass is 452 g/mol. The Bertz CT molecular complexity index is 1030. The van der Waals surface area contributed by atoms with Crippen molar-refractivity contribution in [2.24, 2.45) is 0 Å². The highest BCUT2D eigenvalue weighted by Gasteiger charge is 2.42. The van der Waals surface area contributed by atoms with Gasteiger partial charge >= 0.3 is 0 Å². The molecule has 0 saturated carbocycles. The maximum atomic E-state index is 11.2. The number of aliphatic hydroxyl groups is 1. The van der Waals surface area contributed by atoms with Gasteiger partial charge in [-0.2, -0.15) is 16.9 Å². The predicted molar refractivity (Wildman–Crippen MR) is 127 cm³/mol. The van der Waals surface area contributed by atoms with Crippen LogP contribution >= 0.6 is 11.8 Å². The largest absolute Gasteiger partial charge is 0.378 e. The van der Waals surface area contributed by atoms with Crippen molar-refractivity contribution in [3.63, 3.8) is 0 Å². The van der Waals surface area contributed by atoms with Crippen LogP contribution in [0.3, 0.4) is 0 Å². The van der Waals surface area contributed by atoms with Gasteiger partial charge in [-0.3, -0.25) is 5.10 Å². The molecule has 2 unspecified atom stereocenters. The number of nitrogens with one attached hydrogen (secondary N) is 3. The summed E-state index contributed by atoms with van der Waals surface area (Å²) in [5.41, 5.74) is 0.307. The molecule has 3 aliphatic heterocycles. The van der Waals surface area contributed by atoms with Crippen LogP contribution in [0.15, 0.2) is 18.3 Å². The van der Waals surface area contributed by atoms with E-state index in [0.717, 1.165) is 25.2 Å². The standard InChI is InChI=1S/C23H28N6O2S/c1-15-14-31-9-8-29(15)21-10-16(4-6-23(30)11-17-2-3-18(12-23)32-17)19(13-24)22(27-21)26-20-5-7-25-28-20/h5,7,10,13,15,17-18,24,30H,2-3,8-9,11-12,14H2,1H3,(H2,25,26,27,28)/t15-,17?,18?,23?/m1/s1. The molecule has 2 aromatic heterocycles. The van der Waals surface area contributed by atoms with Crippen molar-refractivity contribution in [2.45, 2.75) is 54.7 Å². The fourth-order valence-corrected chi connectivity index (χ4v) is 6.59. The number of hydrogen-bond acceptors (Lipinski definition) is 8. The van der Waals surface area contributed by atoms with Gasteiger partial charge in [-0.1, -0.05) is 11.8 Å². The molecular formula is C23H28N6O2S. The van der Waals surface area contributed by atoms with Gasteiger partial charge in [0.15, 0.2) is 0 Å². The summed E-state index contributed by atoms with van der Waals surface area (Å²) in [6.07, 6.45) is 6.67. The second-order valence-corrected chi connectivity index (χ2v) is 10.4. The average Bonchev–Trinajstić information content (AvgIpc) is 3.41. The minimum absolute atomic E-state index is 0.179. The van der Waals surface area contributed by atoms with E-state index in [9.17, 15) is 5.11 Å². The maximum absolute atomic E-state index is 11.2. The van der Waals surface area contributed by atoms with Crippen LogP contribution in [0.25, 0.3) is 0 Å². The summed E-state index contributed by atoms with van der Waals surface area (Å²) in [7, 11) is 0. The van der Waals surface area contributed by atoms with Crippen molar-refractivity contribution >= 4 is 35.4 Å². The van der Waals surface area contributed by atoms with E-state index in [1.165, 1.54) is 6.21 Å². The fourth-order valence-electron chi connectivity index (χ4n) is 4.76. The van der Waals surface area contributed by atoms with Crippen molar-refractivity contribution in [1.29, 1.82) is 5.41 Å². The van der Waals surface area contributed by atoms with E-state index in [0.29, 0.717) is 59.3 Å². The van der Waals surface area contributed by atoms with Crippen LogP contribution in [0.4, 0.5) is 17.5 Å². The average molecular weight is 453 g/mol. The molecule has 9 heteroatoms. The quantitative estimate of drug-likeness (QED) is 0.417. The molecule has 3 fully saturated rings. The summed E-state index contributed by atoms with van der Waals surface area (Å²) < 4.78 is 5.59. The smallest absolute Gasteiger partial charge is 0.144 e. The summed E-state index contributed by atoms with van der Waals surface area (Å²) in [4.78, 5) is 7.03. The van der Waals surface area contributed by atoms with E-state index in [1.807, 2.05) is 23.9 Å². The number of aromatic amines is 1. The van der Waals surface area contributed by atoms with Crippen LogP contribution in [-0.2, 0) is 4.74 Å². The number of hydrogen-bond donors (Lipinski definition) is 4. The Morgan fingerprint density at radius 2 is 2.22 bits per heavy atom. The first-order valence-corrected chi connectivity index (χ1v) is 12.0. The normalized spacial score (nSPS) is 29.3. The zero-order valence-corrected chi connectivity index (χ0v) is 18.9. The molecule has 5 heterocycles. The van der Waals surface area contributed by atoms with Crippen LogP contribution in [0.1, 0.15) is 43.7 Å². The van der Waals surface area contributed by atoms with Crippen molar-refractivity contribution in [3.05, 3.63) is 29.5 Å². The first kappa shape index (κ1) is 21.3. The van der Waals surface area contributed by atoms with Gasteiger partial charge in [0, 0.05) is 34.9 Å². The van der Waals surface area contributed by atoms with Crippen molar-refractivity contribution in [3.8, 4) is 11.8 Å². The minimum Gasteiger partial charge on any atom is -0.378 e. The first-order valence-electron chi connectivity index (χ1n) is 11.1. The Kier molecular flexibility index (Phi) is 5.84. The zero-order chi connectivity index (χ0) is 22.1. The van der Waals surface area contributed by atoms with Crippen LogP contribution in [0.5, 0.6) is 0 Å². The maximum Gasteiger partial charge on any atom is 0.144 e. The molecular weight excluding hydrogens is 424 g/mol. The van der Waals surface area contributed by atoms with Gasteiger partial charge in [0.25, 0.3) is 0 Å². The molecule has 3 aliphatic rings. The van der Waals surface area contributed by atoms with Crippen LogP contribution in [0.2, 0.25) is 0 Å². The van der Waals surface area contributed by atoms with E-state index in [-0.39, 0.29) is 6.04 Å². The van der Waals surface area contributed by atoms with Gasteiger partial charge in [-0.15, -0.1) is 0 Å². The molecule has 0 radical (unpaired) electrons. The number of ether oxygens (including phenoxy) is 1. The van der Waals surface area contributed by atoms with Crippen molar-refractivity contribution in [1.82, 2.24) is 15.2 Å². The Morgan fingerprint density at radius 3 is 2.91 bits per heavy atom. The number of fused-ring (bicyclic) bond motifs is 2. The van der Waals surface area contributed by atoms with E-state index in [4.69, 9.17) is 15.1 Å². The Hall–Kier alpha value is -2.54. The molecule has 5 rings (SSSR count). The number of pyridine rings is 1. The third-order valence-corrected chi connectivity index (χ3v) is 7.94. The SMILES string of the molecule is C[C@@H]1COCCN1c1cc(C#CC2(O)CC3CCC(C2)S3)c(C=N)c(Nc2ccn[nH]2)n1. The van der Waals surface area contributed by atoms with Crippen LogP contribution in [0, 0.1) is 17.3 Å². The number of aromatic nitrogens is 3. The van der Waals surface area contributed by atoms with Gasteiger partial charge in [0.05, 0.1) is 31.0 Å². The molecule has 32 heavy (non-hydrogen) atoms. The van der Waals surface area contributed by atoms with E-state index >= 15 is 0 Å². The van der Waals surface area contributed by atoms with Crippen molar-refractivity contribution < 1.29 is 9.84 Å². The molecule has 0 aliphatic carbocycles. The lowest BCUT2D eigenvalue weighted by Crippen LogP contribution is -2.44. The highest BCUT2D eigenvalue weighted by Crippen LogP contribution is 2.47. The lowest BCUT2D eigenvalue weighted by atomic mass is 9.93. The third-order valence-electron chi connectivity index (χ3n) is 6.36. The molecule has 3 atom stereocenters. The lowest BCUT2D eigenvalue weighted by Gasteiger charge is -2.34. The van der Waals surface area contributed by atoms with Gasteiger partial charge in [-0.05, 0) is 38.7 Å². The molecule has 8 nitrogen and oxygen atoms in total. The lowest BCUT2D eigenvalue weighted by molar-refractivity contribution is 0.0837. The second kappa shape index (κ2) is 8.77. The van der Waals surface area contributed by atoms with E-state index in [1.54, 1.807) is 6.20 Å². The van der Waals surface area contributed by atoms with Crippen LogP contribution in [-0.4, -0.2) is 68.4 Å². The molecule has 2 bridgehead atoms. The summed E-state index contributed by atoms with van der Waals surface area (Å²) in [6.45, 7) is 4.12. The molecule has 2 aromatic rings. The number of thioether (sulfide) groups is 1. The molecule has 3 saturated heterocycles. The molecule has 168 valence electrons. The van der Waals surface area contributed by atoms with Gasteiger partial charge in [-0.25, -0.2) is 4.98 Å². The topological polar surface area (TPSA) is 110 Å². The zero-order valence-electron chi connectivity index (χ0n) is 18.1. The van der Waals surface area contributed by atoms with Crippen LogP contribution < -0.4 is 10.2 Å². The minimum atomic E-state index is -0.969. The first-order chi connectivity index (χ1) is 15.5. The highest BCUT2D eigenvalue weighted by atomic mass is 32.2. The molecule has 0 amide bonds. The summed E-state index contributed by atoms with van der Waals surface area (Å²) in [5, 5.41) is 30.4. The molecule has 0 aromatic carbocycles. The number of nitrogens with zero attached hydrogens (tertiary/aromatic N) is 3. The predicted octanol–water partition coefficient (Wildman–Crippen LogP) is 2.91. The van der Waals surface area contributed by atoms with Gasteiger partial charge in [0.1, 0.15) is 23.1 Å². The summed E-state index contributed by atoms with van der Waals surface area (Å²) in [5.74, 6) is 8.43. The second-order valence-electron chi connectivity index (χ2n) is 8.79. The number of anilines is 3. The highest BCUT2D eigenvalue weighted by molar-refractivity contribution is 8.00. The van der Waals surface area contributed by atoms with E-state index in [2.05, 4.69) is 39.2 Å². The van der Waals surface area contributed by atoms with Gasteiger partial charge in [0.2, 0.25) is 0 Å². The van der Waals surface area contributed by atoms with Crippen molar-refractivity contribution in [2.75, 3.05) is 30.0 Å². The third kappa shape index (κ3) is 4.35. The Balaban J connectivity index is 1.54. The molecule has 4 N–H and O–H groups in total. The molecule has 0 spiro atoms. The number of rotatable bonds is 4. The van der Waals surface area contributed by atoms with Gasteiger partial charge < -0.3 is 25.5 Å².